The molecule has 29 heavy (non-hydrogen) atoms. The summed E-state index contributed by atoms with van der Waals surface area (Å²) in [6, 6.07) is 9.23. The second-order valence-electron chi connectivity index (χ2n) is 7.61. The molecule has 0 N–H and O–H groups in total. The molecule has 0 aliphatic carbocycles. The molecule has 0 radical (unpaired) electrons. The Hall–Kier alpha value is -2.68. The summed E-state index contributed by atoms with van der Waals surface area (Å²) in [6.07, 6.45) is 0.0256. The minimum atomic E-state index is -1.47. The highest BCUT2D eigenvalue weighted by atomic mass is 16.6. The van der Waals surface area contributed by atoms with Gasteiger partial charge in [-0.2, -0.15) is 0 Å². The Kier molecular flexibility index (Phi) is 6.36. The molecule has 2 aliphatic heterocycles. The number of nitrogens with zero attached hydrogens (tertiary/aromatic N) is 2. The minimum Gasteiger partial charge on any atom is -0.466 e. The SMILES string of the molecule is CCOC(=O)CC1(C2([N+](=O)[O-])CCCN(C(=O)OCc3ccccc3)C2)COC1. The molecule has 9 nitrogen and oxygen atoms in total. The largest absolute Gasteiger partial charge is 0.466 e. The van der Waals surface area contributed by atoms with Crippen LogP contribution in [-0.4, -0.2) is 60.3 Å². The number of esters is 1. The lowest BCUT2D eigenvalue weighted by molar-refractivity contribution is -0.606. The maximum absolute atomic E-state index is 12.6. The van der Waals surface area contributed by atoms with Crippen molar-refractivity contribution in [2.75, 3.05) is 32.9 Å². The maximum Gasteiger partial charge on any atom is 0.410 e. The summed E-state index contributed by atoms with van der Waals surface area (Å²) < 4.78 is 15.7. The second kappa shape index (κ2) is 8.77. The summed E-state index contributed by atoms with van der Waals surface area (Å²) in [7, 11) is 0. The van der Waals surface area contributed by atoms with Crippen LogP contribution in [-0.2, 0) is 25.6 Å². The molecule has 0 bridgehead atoms. The first-order chi connectivity index (χ1) is 13.9. The summed E-state index contributed by atoms with van der Waals surface area (Å²) in [4.78, 5) is 38.0. The van der Waals surface area contributed by atoms with Crippen molar-refractivity contribution in [3.63, 3.8) is 0 Å². The number of rotatable bonds is 7. The third kappa shape index (κ3) is 4.19. The van der Waals surface area contributed by atoms with Gasteiger partial charge >= 0.3 is 12.1 Å². The van der Waals surface area contributed by atoms with Crippen LogP contribution in [0, 0.1) is 15.5 Å². The van der Waals surface area contributed by atoms with E-state index in [0.717, 1.165) is 5.56 Å². The quantitative estimate of drug-likeness (QED) is 0.389. The summed E-state index contributed by atoms with van der Waals surface area (Å²) in [5.74, 6) is -0.485. The fourth-order valence-electron chi connectivity index (χ4n) is 4.15. The first kappa shape index (κ1) is 21.0. The summed E-state index contributed by atoms with van der Waals surface area (Å²) in [5, 5.41) is 12.2. The molecule has 1 amide bonds. The zero-order valence-electron chi connectivity index (χ0n) is 16.5. The molecule has 0 aromatic heterocycles. The average Bonchev–Trinajstić information content (AvgIpc) is 2.69. The monoisotopic (exact) mass is 406 g/mol. The lowest BCUT2D eigenvalue weighted by Crippen LogP contribution is -2.70. The van der Waals surface area contributed by atoms with Gasteiger partial charge in [0, 0.05) is 17.9 Å². The molecule has 9 heteroatoms. The highest BCUT2D eigenvalue weighted by molar-refractivity contribution is 5.71. The van der Waals surface area contributed by atoms with E-state index in [9.17, 15) is 19.7 Å². The van der Waals surface area contributed by atoms with Gasteiger partial charge in [-0.25, -0.2) is 4.79 Å². The van der Waals surface area contributed by atoms with Gasteiger partial charge in [0.25, 0.3) is 0 Å². The minimum absolute atomic E-state index is 0.0959. The van der Waals surface area contributed by atoms with E-state index in [1.165, 1.54) is 4.90 Å². The molecule has 2 saturated heterocycles. The van der Waals surface area contributed by atoms with Crippen LogP contribution in [0.5, 0.6) is 0 Å². The summed E-state index contributed by atoms with van der Waals surface area (Å²) in [5.41, 5.74) is -1.62. The molecular formula is C20H26N2O7. The molecule has 158 valence electrons. The van der Waals surface area contributed by atoms with Gasteiger partial charge in [0.15, 0.2) is 0 Å². The van der Waals surface area contributed by atoms with E-state index in [2.05, 4.69) is 0 Å². The zero-order chi connectivity index (χ0) is 20.9. The summed E-state index contributed by atoms with van der Waals surface area (Å²) >= 11 is 0. The number of nitro groups is 1. The van der Waals surface area contributed by atoms with Crippen molar-refractivity contribution < 1.29 is 28.7 Å². The number of hydrogen-bond donors (Lipinski definition) is 0. The molecule has 3 rings (SSSR count). The highest BCUT2D eigenvalue weighted by Gasteiger charge is 2.67. The van der Waals surface area contributed by atoms with Crippen molar-refractivity contribution >= 4 is 12.1 Å². The van der Waals surface area contributed by atoms with E-state index in [-0.39, 0.29) is 50.7 Å². The molecule has 1 atom stereocenters. The number of likely N-dealkylation sites (tertiary alicyclic amines) is 1. The highest BCUT2D eigenvalue weighted by Crippen LogP contribution is 2.48. The molecule has 0 saturated carbocycles. The molecule has 2 heterocycles. The number of benzene rings is 1. The number of hydrogen-bond acceptors (Lipinski definition) is 7. The molecule has 1 unspecified atom stereocenters. The van der Waals surface area contributed by atoms with Crippen LogP contribution in [0.1, 0.15) is 31.7 Å². The van der Waals surface area contributed by atoms with Crippen LogP contribution in [0.2, 0.25) is 0 Å². The van der Waals surface area contributed by atoms with E-state index < -0.39 is 23.0 Å². The van der Waals surface area contributed by atoms with Crippen molar-refractivity contribution in [2.24, 2.45) is 5.41 Å². The molecule has 1 aromatic rings. The fraction of sp³-hybridized carbons (Fsp3) is 0.600. The number of piperidine rings is 1. The Balaban J connectivity index is 1.74. The first-order valence-corrected chi connectivity index (χ1v) is 9.76. The predicted octanol–water partition coefficient (Wildman–Crippen LogP) is 2.40. The topological polar surface area (TPSA) is 108 Å². The molecule has 2 aliphatic rings. The van der Waals surface area contributed by atoms with Gasteiger partial charge < -0.3 is 19.1 Å². The number of carbonyl (C=O) groups excluding carboxylic acids is 2. The van der Waals surface area contributed by atoms with Gasteiger partial charge in [-0.15, -0.1) is 0 Å². The predicted molar refractivity (Wildman–Crippen MR) is 102 cm³/mol. The lowest BCUT2D eigenvalue weighted by atomic mass is 9.62. The van der Waals surface area contributed by atoms with Crippen LogP contribution in [0.4, 0.5) is 4.79 Å². The van der Waals surface area contributed by atoms with Gasteiger partial charge in [-0.3, -0.25) is 14.9 Å². The van der Waals surface area contributed by atoms with Gasteiger partial charge in [0.05, 0.1) is 38.2 Å². The number of ether oxygens (including phenoxy) is 3. The normalized spacial score (nSPS) is 23.0. The van der Waals surface area contributed by atoms with Gasteiger partial charge in [0.2, 0.25) is 5.54 Å². The van der Waals surface area contributed by atoms with E-state index in [1.54, 1.807) is 6.92 Å². The van der Waals surface area contributed by atoms with Crippen molar-refractivity contribution in [2.45, 2.75) is 38.3 Å². The van der Waals surface area contributed by atoms with Gasteiger partial charge in [-0.1, -0.05) is 30.3 Å². The first-order valence-electron chi connectivity index (χ1n) is 9.76. The Bertz CT molecular complexity index is 750. The Morgan fingerprint density at radius 3 is 2.55 bits per heavy atom. The average molecular weight is 406 g/mol. The number of carbonyl (C=O) groups is 2. The number of amides is 1. The van der Waals surface area contributed by atoms with Crippen LogP contribution >= 0.6 is 0 Å². The zero-order valence-corrected chi connectivity index (χ0v) is 16.5. The fourth-order valence-corrected chi connectivity index (χ4v) is 4.15. The van der Waals surface area contributed by atoms with Crippen LogP contribution < -0.4 is 0 Å². The van der Waals surface area contributed by atoms with Crippen molar-refractivity contribution in [1.82, 2.24) is 4.90 Å². The van der Waals surface area contributed by atoms with Crippen molar-refractivity contribution in [3.8, 4) is 0 Å². The van der Waals surface area contributed by atoms with Crippen LogP contribution in [0.25, 0.3) is 0 Å². The molecule has 1 aromatic carbocycles. The van der Waals surface area contributed by atoms with Crippen molar-refractivity contribution in [3.05, 3.63) is 46.0 Å². The van der Waals surface area contributed by atoms with Crippen LogP contribution in [0.3, 0.4) is 0 Å². The van der Waals surface area contributed by atoms with Crippen LogP contribution in [0.15, 0.2) is 30.3 Å². The van der Waals surface area contributed by atoms with Crippen molar-refractivity contribution in [1.29, 1.82) is 0 Å². The lowest BCUT2D eigenvalue weighted by Gasteiger charge is -2.51. The third-order valence-electron chi connectivity index (χ3n) is 5.82. The standard InChI is InChI=1S/C20H26N2O7/c1-2-28-17(23)11-19(14-27-15-19)20(22(25)26)9-6-10-21(13-20)18(24)29-12-16-7-4-3-5-8-16/h3-5,7-8H,2,6,9-15H2,1H3. The Morgan fingerprint density at radius 2 is 1.97 bits per heavy atom. The van der Waals surface area contributed by atoms with Gasteiger partial charge in [0.1, 0.15) is 6.61 Å². The Labute approximate surface area is 169 Å². The smallest absolute Gasteiger partial charge is 0.410 e. The van der Waals surface area contributed by atoms with E-state index >= 15 is 0 Å². The second-order valence-corrected chi connectivity index (χ2v) is 7.61. The van der Waals surface area contributed by atoms with Gasteiger partial charge in [-0.05, 0) is 18.9 Å². The summed E-state index contributed by atoms with van der Waals surface area (Å²) in [6.45, 7) is 2.45. The molecular weight excluding hydrogens is 380 g/mol. The molecule has 2 fully saturated rings. The van der Waals surface area contributed by atoms with E-state index in [4.69, 9.17) is 14.2 Å². The Morgan fingerprint density at radius 1 is 1.24 bits per heavy atom. The van der Waals surface area contributed by atoms with E-state index in [0.29, 0.717) is 13.0 Å². The maximum atomic E-state index is 12.6. The molecule has 0 spiro atoms. The third-order valence-corrected chi connectivity index (χ3v) is 5.82. The van der Waals surface area contributed by atoms with E-state index in [1.807, 2.05) is 30.3 Å².